The second-order valence-electron chi connectivity index (χ2n) is 3.78. The third kappa shape index (κ3) is 6.07. The van der Waals surface area contributed by atoms with Crippen LogP contribution in [0.1, 0.15) is 33.1 Å². The van der Waals surface area contributed by atoms with Crippen LogP contribution < -0.4 is 0 Å². The van der Waals surface area contributed by atoms with Crippen molar-refractivity contribution in [3.05, 3.63) is 0 Å². The maximum absolute atomic E-state index is 11.3. The number of rotatable bonds is 7. The zero-order valence-corrected chi connectivity index (χ0v) is 9.73. The smallest absolute Gasteiger partial charge is 0.307 e. The second kappa shape index (κ2) is 7.75. The molecule has 2 unspecified atom stereocenters. The Balaban J connectivity index is 4.01. The van der Waals surface area contributed by atoms with E-state index in [-0.39, 0.29) is 18.9 Å². The largest absolute Gasteiger partial charge is 0.481 e. The number of carboxylic acid groups (broad SMARTS) is 1. The molecule has 0 aromatic heterocycles. The first-order valence-electron chi connectivity index (χ1n) is 5.35. The zero-order chi connectivity index (χ0) is 12.6. The van der Waals surface area contributed by atoms with Crippen molar-refractivity contribution in [2.45, 2.75) is 33.1 Å². The number of ether oxygens (including phenoxy) is 1. The van der Waals surface area contributed by atoms with Gasteiger partial charge in [0.05, 0.1) is 18.3 Å². The quantitative estimate of drug-likeness (QED) is 0.530. The number of hydrogen-bond donors (Lipinski definition) is 1. The van der Waals surface area contributed by atoms with Gasteiger partial charge in [-0.3, -0.25) is 9.59 Å². The van der Waals surface area contributed by atoms with Gasteiger partial charge in [-0.05, 0) is 13.3 Å². The van der Waals surface area contributed by atoms with Crippen LogP contribution in [0.25, 0.3) is 0 Å². The van der Waals surface area contributed by atoms with Crippen molar-refractivity contribution in [1.29, 1.82) is 0 Å². The topological polar surface area (TPSA) is 63.6 Å². The molecule has 4 nitrogen and oxygen atoms in total. The van der Waals surface area contributed by atoms with Gasteiger partial charge in [0.15, 0.2) is 0 Å². The van der Waals surface area contributed by atoms with Gasteiger partial charge in [-0.15, -0.1) is 12.3 Å². The van der Waals surface area contributed by atoms with E-state index in [1.807, 2.05) is 6.92 Å². The van der Waals surface area contributed by atoms with Crippen LogP contribution >= 0.6 is 0 Å². The molecule has 0 aliphatic heterocycles. The van der Waals surface area contributed by atoms with Gasteiger partial charge < -0.3 is 9.84 Å². The third-order valence-corrected chi connectivity index (χ3v) is 2.18. The molecule has 90 valence electrons. The maximum Gasteiger partial charge on any atom is 0.307 e. The lowest BCUT2D eigenvalue weighted by Gasteiger charge is -2.11. The fourth-order valence-electron chi connectivity index (χ4n) is 1.19. The molecule has 0 aromatic carbocycles. The van der Waals surface area contributed by atoms with Crippen molar-refractivity contribution >= 4 is 11.9 Å². The molecule has 4 heteroatoms. The molecule has 0 spiro atoms. The number of carbonyl (C=O) groups excluding carboxylic acids is 1. The highest BCUT2D eigenvalue weighted by Gasteiger charge is 2.21. The van der Waals surface area contributed by atoms with Crippen LogP contribution in [0.5, 0.6) is 0 Å². The number of carbonyl (C=O) groups is 2. The highest BCUT2D eigenvalue weighted by atomic mass is 16.5. The molecule has 0 fully saturated rings. The van der Waals surface area contributed by atoms with Crippen LogP contribution in [0, 0.1) is 24.2 Å². The van der Waals surface area contributed by atoms with Gasteiger partial charge in [0.1, 0.15) is 6.61 Å². The zero-order valence-electron chi connectivity index (χ0n) is 9.73. The van der Waals surface area contributed by atoms with Crippen LogP contribution in [0.2, 0.25) is 0 Å². The van der Waals surface area contributed by atoms with E-state index in [1.165, 1.54) is 0 Å². The van der Waals surface area contributed by atoms with E-state index in [9.17, 15) is 9.59 Å². The van der Waals surface area contributed by atoms with E-state index in [2.05, 4.69) is 5.92 Å². The van der Waals surface area contributed by atoms with Crippen molar-refractivity contribution in [2.24, 2.45) is 11.8 Å². The molecule has 0 aliphatic rings. The van der Waals surface area contributed by atoms with E-state index in [0.717, 1.165) is 6.42 Å². The molecule has 0 saturated heterocycles. The van der Waals surface area contributed by atoms with Crippen molar-refractivity contribution < 1.29 is 19.4 Å². The van der Waals surface area contributed by atoms with Gasteiger partial charge >= 0.3 is 11.9 Å². The summed E-state index contributed by atoms with van der Waals surface area (Å²) in [6.45, 7) is 3.78. The first-order valence-corrected chi connectivity index (χ1v) is 5.35. The van der Waals surface area contributed by atoms with E-state index < -0.39 is 17.9 Å². The fraction of sp³-hybridized carbons (Fsp3) is 0.667. The molecule has 0 bridgehead atoms. The number of aliphatic carboxylic acids is 1. The van der Waals surface area contributed by atoms with Crippen molar-refractivity contribution in [2.75, 3.05) is 6.61 Å². The Labute approximate surface area is 96.0 Å². The fourth-order valence-corrected chi connectivity index (χ4v) is 1.19. The Morgan fingerprint density at radius 3 is 2.56 bits per heavy atom. The van der Waals surface area contributed by atoms with Crippen LogP contribution in [0.15, 0.2) is 0 Å². The van der Waals surface area contributed by atoms with Crippen LogP contribution in [0.4, 0.5) is 0 Å². The number of terminal acetylenes is 1. The molecule has 0 rings (SSSR count). The number of carboxylic acids is 1. The highest BCUT2D eigenvalue weighted by Crippen LogP contribution is 2.12. The summed E-state index contributed by atoms with van der Waals surface area (Å²) in [6, 6.07) is 0. The molecule has 0 heterocycles. The molecule has 0 aromatic rings. The summed E-state index contributed by atoms with van der Waals surface area (Å²) >= 11 is 0. The van der Waals surface area contributed by atoms with Gasteiger partial charge in [-0.2, -0.15) is 0 Å². The SMILES string of the molecule is C#CC(C)COC(=O)CC(CCC)C(=O)O. The molecule has 0 amide bonds. The normalized spacial score (nSPS) is 13.6. The summed E-state index contributed by atoms with van der Waals surface area (Å²) in [7, 11) is 0. The molecule has 16 heavy (non-hydrogen) atoms. The van der Waals surface area contributed by atoms with Crippen LogP contribution in [-0.4, -0.2) is 23.7 Å². The van der Waals surface area contributed by atoms with Gasteiger partial charge in [-0.25, -0.2) is 0 Å². The molecule has 0 aliphatic carbocycles. The van der Waals surface area contributed by atoms with Gasteiger partial charge in [-0.1, -0.05) is 13.3 Å². The molecule has 0 saturated carbocycles. The Bertz CT molecular complexity index is 277. The minimum atomic E-state index is -0.955. The monoisotopic (exact) mass is 226 g/mol. The lowest BCUT2D eigenvalue weighted by Crippen LogP contribution is -2.20. The van der Waals surface area contributed by atoms with E-state index in [0.29, 0.717) is 6.42 Å². The van der Waals surface area contributed by atoms with Gasteiger partial charge in [0.25, 0.3) is 0 Å². The average Bonchev–Trinajstić information content (AvgIpc) is 2.25. The Kier molecular flexibility index (Phi) is 7.02. The Morgan fingerprint density at radius 2 is 2.12 bits per heavy atom. The predicted octanol–water partition coefficient (Wildman–Crippen LogP) is 1.69. The predicted molar refractivity (Wildman–Crippen MR) is 59.6 cm³/mol. The summed E-state index contributed by atoms with van der Waals surface area (Å²) in [4.78, 5) is 22.1. The molecular weight excluding hydrogens is 208 g/mol. The molecule has 0 radical (unpaired) electrons. The van der Waals surface area contributed by atoms with Crippen molar-refractivity contribution in [1.82, 2.24) is 0 Å². The summed E-state index contributed by atoms with van der Waals surface area (Å²) in [6.07, 6.45) is 6.25. The highest BCUT2D eigenvalue weighted by molar-refractivity contribution is 5.78. The Hall–Kier alpha value is -1.50. The third-order valence-electron chi connectivity index (χ3n) is 2.18. The van der Waals surface area contributed by atoms with Crippen LogP contribution in [0.3, 0.4) is 0 Å². The second-order valence-corrected chi connectivity index (χ2v) is 3.78. The summed E-state index contributed by atoms with van der Waals surface area (Å²) in [5.74, 6) is 0.181. The average molecular weight is 226 g/mol. The van der Waals surface area contributed by atoms with Gasteiger partial charge in [0, 0.05) is 0 Å². The van der Waals surface area contributed by atoms with E-state index in [1.54, 1.807) is 6.92 Å². The maximum atomic E-state index is 11.3. The first-order chi connectivity index (χ1) is 7.51. The molecular formula is C12H18O4. The standard InChI is InChI=1S/C12H18O4/c1-4-6-10(12(14)15)7-11(13)16-8-9(3)5-2/h2,9-10H,4,6-8H2,1,3H3,(H,14,15). The minimum Gasteiger partial charge on any atom is -0.481 e. The minimum absolute atomic E-state index is 0.0829. The number of esters is 1. The van der Waals surface area contributed by atoms with Crippen LogP contribution in [-0.2, 0) is 14.3 Å². The van der Waals surface area contributed by atoms with E-state index >= 15 is 0 Å². The molecule has 2 atom stereocenters. The molecule has 1 N–H and O–H groups in total. The summed E-state index contributed by atoms with van der Waals surface area (Å²) < 4.78 is 4.88. The lowest BCUT2D eigenvalue weighted by molar-refractivity contribution is -0.152. The number of hydrogen-bond acceptors (Lipinski definition) is 3. The summed E-state index contributed by atoms with van der Waals surface area (Å²) in [5, 5.41) is 8.84. The summed E-state index contributed by atoms with van der Waals surface area (Å²) in [5.41, 5.74) is 0. The Morgan fingerprint density at radius 1 is 1.50 bits per heavy atom. The van der Waals surface area contributed by atoms with Gasteiger partial charge in [0.2, 0.25) is 0 Å². The first kappa shape index (κ1) is 14.5. The van der Waals surface area contributed by atoms with Crippen molar-refractivity contribution in [3.63, 3.8) is 0 Å². The van der Waals surface area contributed by atoms with E-state index in [4.69, 9.17) is 16.3 Å². The lowest BCUT2D eigenvalue weighted by atomic mass is 10.0. The van der Waals surface area contributed by atoms with Crippen molar-refractivity contribution in [3.8, 4) is 12.3 Å².